The van der Waals surface area contributed by atoms with Gasteiger partial charge in [-0.1, -0.05) is 11.6 Å². The molecule has 78 valence electrons. The molecule has 0 aromatic heterocycles. The van der Waals surface area contributed by atoms with Crippen LogP contribution in [0, 0.1) is 0 Å². The lowest BCUT2D eigenvalue weighted by Gasteiger charge is -2.11. The van der Waals surface area contributed by atoms with E-state index in [9.17, 15) is 13.9 Å². The van der Waals surface area contributed by atoms with E-state index < -0.39 is 12.5 Å². The van der Waals surface area contributed by atoms with Crippen molar-refractivity contribution in [3.63, 3.8) is 0 Å². The van der Waals surface area contributed by atoms with Crippen molar-refractivity contribution in [1.82, 2.24) is 0 Å². The second kappa shape index (κ2) is 4.57. The molecule has 5 heteroatoms. The monoisotopic (exact) mass is 221 g/mol. The second-order valence-electron chi connectivity index (χ2n) is 2.98. The van der Waals surface area contributed by atoms with Crippen LogP contribution in [0.5, 0.6) is 5.75 Å². The SMILES string of the molecule is NC(Cc1cc(Cl)ccc1O)C(F)F. The first-order chi connectivity index (χ1) is 6.50. The van der Waals surface area contributed by atoms with Crippen LogP contribution in [-0.4, -0.2) is 17.6 Å². The molecular formula is C9H10ClF2NO. The first-order valence-electron chi connectivity index (χ1n) is 4.02. The van der Waals surface area contributed by atoms with Gasteiger partial charge in [-0.3, -0.25) is 0 Å². The number of benzene rings is 1. The molecule has 1 aromatic rings. The van der Waals surface area contributed by atoms with Crippen LogP contribution in [0.25, 0.3) is 0 Å². The number of alkyl halides is 2. The molecule has 1 aromatic carbocycles. The molecule has 0 heterocycles. The molecule has 0 aliphatic heterocycles. The van der Waals surface area contributed by atoms with E-state index in [-0.39, 0.29) is 12.2 Å². The number of phenols is 1. The quantitative estimate of drug-likeness (QED) is 0.822. The molecule has 0 saturated carbocycles. The highest BCUT2D eigenvalue weighted by atomic mass is 35.5. The average Bonchev–Trinajstić information content (AvgIpc) is 2.11. The van der Waals surface area contributed by atoms with E-state index in [1.54, 1.807) is 0 Å². The van der Waals surface area contributed by atoms with Crippen molar-refractivity contribution < 1.29 is 13.9 Å². The zero-order valence-electron chi connectivity index (χ0n) is 7.25. The Hall–Kier alpha value is -0.870. The lowest BCUT2D eigenvalue weighted by Crippen LogP contribution is -2.30. The third kappa shape index (κ3) is 2.82. The molecule has 1 atom stereocenters. The van der Waals surface area contributed by atoms with Crippen LogP contribution in [0.3, 0.4) is 0 Å². The molecule has 0 fully saturated rings. The zero-order chi connectivity index (χ0) is 10.7. The van der Waals surface area contributed by atoms with E-state index in [0.717, 1.165) is 0 Å². The van der Waals surface area contributed by atoms with Crippen molar-refractivity contribution in [3.8, 4) is 5.75 Å². The Bertz CT molecular complexity index is 320. The third-order valence-corrected chi connectivity index (χ3v) is 2.06. The van der Waals surface area contributed by atoms with Gasteiger partial charge in [0.15, 0.2) is 0 Å². The predicted molar refractivity (Wildman–Crippen MR) is 50.8 cm³/mol. The first-order valence-corrected chi connectivity index (χ1v) is 4.39. The summed E-state index contributed by atoms with van der Waals surface area (Å²) >= 11 is 5.64. The number of aromatic hydroxyl groups is 1. The number of phenolic OH excluding ortho intramolecular Hbond substituents is 1. The molecule has 0 amide bonds. The smallest absolute Gasteiger partial charge is 0.253 e. The maximum atomic E-state index is 12.1. The minimum atomic E-state index is -2.60. The van der Waals surface area contributed by atoms with Crippen molar-refractivity contribution >= 4 is 11.6 Å². The lowest BCUT2D eigenvalue weighted by molar-refractivity contribution is 0.115. The third-order valence-electron chi connectivity index (χ3n) is 1.82. The standard InChI is InChI=1S/C9H10ClF2NO/c10-6-1-2-8(14)5(3-6)4-7(13)9(11)12/h1-3,7,9,14H,4,13H2. The normalized spacial score (nSPS) is 13.2. The van der Waals surface area contributed by atoms with E-state index in [4.69, 9.17) is 17.3 Å². The van der Waals surface area contributed by atoms with Gasteiger partial charge in [0.05, 0.1) is 6.04 Å². The maximum Gasteiger partial charge on any atom is 0.253 e. The average molecular weight is 222 g/mol. The van der Waals surface area contributed by atoms with Crippen molar-refractivity contribution in [2.24, 2.45) is 5.73 Å². The molecule has 0 radical (unpaired) electrons. The maximum absolute atomic E-state index is 12.1. The van der Waals surface area contributed by atoms with Crippen molar-refractivity contribution in [1.29, 1.82) is 0 Å². The summed E-state index contributed by atoms with van der Waals surface area (Å²) < 4.78 is 24.2. The van der Waals surface area contributed by atoms with Crippen LogP contribution in [0.15, 0.2) is 18.2 Å². The second-order valence-corrected chi connectivity index (χ2v) is 3.41. The Morgan fingerprint density at radius 1 is 1.43 bits per heavy atom. The molecule has 14 heavy (non-hydrogen) atoms. The molecule has 0 aliphatic carbocycles. The topological polar surface area (TPSA) is 46.2 Å². The van der Waals surface area contributed by atoms with Gasteiger partial charge in [0.1, 0.15) is 5.75 Å². The fourth-order valence-electron chi connectivity index (χ4n) is 1.06. The molecule has 3 N–H and O–H groups in total. The Labute approximate surface area is 85.3 Å². The highest BCUT2D eigenvalue weighted by molar-refractivity contribution is 6.30. The van der Waals surface area contributed by atoms with E-state index >= 15 is 0 Å². The van der Waals surface area contributed by atoms with Gasteiger partial charge < -0.3 is 10.8 Å². The number of nitrogens with two attached hydrogens (primary N) is 1. The van der Waals surface area contributed by atoms with E-state index in [0.29, 0.717) is 10.6 Å². The Morgan fingerprint density at radius 3 is 2.64 bits per heavy atom. The van der Waals surface area contributed by atoms with Gasteiger partial charge in [-0.15, -0.1) is 0 Å². The fraction of sp³-hybridized carbons (Fsp3) is 0.333. The number of halogens is 3. The highest BCUT2D eigenvalue weighted by Crippen LogP contribution is 2.23. The number of hydrogen-bond acceptors (Lipinski definition) is 2. The van der Waals surface area contributed by atoms with Crippen molar-refractivity contribution in [2.45, 2.75) is 18.9 Å². The minimum Gasteiger partial charge on any atom is -0.508 e. The van der Waals surface area contributed by atoms with Crippen LogP contribution in [0.1, 0.15) is 5.56 Å². The van der Waals surface area contributed by atoms with Gasteiger partial charge in [0.25, 0.3) is 6.43 Å². The summed E-state index contributed by atoms with van der Waals surface area (Å²) in [5, 5.41) is 9.69. The van der Waals surface area contributed by atoms with Gasteiger partial charge >= 0.3 is 0 Å². The number of hydrogen-bond donors (Lipinski definition) is 2. The highest BCUT2D eigenvalue weighted by Gasteiger charge is 2.17. The van der Waals surface area contributed by atoms with Crippen LogP contribution >= 0.6 is 11.6 Å². The largest absolute Gasteiger partial charge is 0.508 e. The van der Waals surface area contributed by atoms with Gasteiger partial charge in [-0.05, 0) is 30.2 Å². The molecule has 0 aliphatic rings. The Balaban J connectivity index is 2.80. The summed E-state index contributed by atoms with van der Waals surface area (Å²) in [6.45, 7) is 0. The Morgan fingerprint density at radius 2 is 2.07 bits per heavy atom. The van der Waals surface area contributed by atoms with E-state index in [1.807, 2.05) is 0 Å². The molecule has 1 rings (SSSR count). The molecule has 0 bridgehead atoms. The first kappa shape index (κ1) is 11.2. The summed E-state index contributed by atoms with van der Waals surface area (Å²) in [4.78, 5) is 0. The summed E-state index contributed by atoms with van der Waals surface area (Å²) in [6.07, 6.45) is -2.70. The Kier molecular flexibility index (Phi) is 3.66. The lowest BCUT2D eigenvalue weighted by atomic mass is 10.1. The summed E-state index contributed by atoms with van der Waals surface area (Å²) in [7, 11) is 0. The molecule has 2 nitrogen and oxygen atoms in total. The summed E-state index contributed by atoms with van der Waals surface area (Å²) in [5.41, 5.74) is 5.50. The van der Waals surface area contributed by atoms with Crippen LogP contribution in [0.4, 0.5) is 8.78 Å². The van der Waals surface area contributed by atoms with Crippen molar-refractivity contribution in [2.75, 3.05) is 0 Å². The zero-order valence-corrected chi connectivity index (χ0v) is 8.01. The molecular weight excluding hydrogens is 212 g/mol. The van der Waals surface area contributed by atoms with Gasteiger partial charge in [-0.25, -0.2) is 8.78 Å². The van der Waals surface area contributed by atoms with Crippen LogP contribution < -0.4 is 5.73 Å². The molecule has 0 spiro atoms. The van der Waals surface area contributed by atoms with Gasteiger partial charge in [0.2, 0.25) is 0 Å². The van der Waals surface area contributed by atoms with Gasteiger partial charge in [0, 0.05) is 5.02 Å². The molecule has 0 saturated heterocycles. The van der Waals surface area contributed by atoms with Crippen molar-refractivity contribution in [3.05, 3.63) is 28.8 Å². The molecule has 1 unspecified atom stereocenters. The predicted octanol–water partition coefficient (Wildman–Crippen LogP) is 2.18. The number of rotatable bonds is 3. The fourth-order valence-corrected chi connectivity index (χ4v) is 1.26. The van der Waals surface area contributed by atoms with E-state index in [2.05, 4.69) is 0 Å². The minimum absolute atomic E-state index is 0.0644. The summed E-state index contributed by atoms with van der Waals surface area (Å²) in [5.74, 6) is -0.0644. The van der Waals surface area contributed by atoms with Crippen LogP contribution in [-0.2, 0) is 6.42 Å². The van der Waals surface area contributed by atoms with Gasteiger partial charge in [-0.2, -0.15) is 0 Å². The summed E-state index contributed by atoms with van der Waals surface area (Å²) in [6, 6.07) is 2.99. The van der Waals surface area contributed by atoms with E-state index in [1.165, 1.54) is 18.2 Å². The van der Waals surface area contributed by atoms with Crippen LogP contribution in [0.2, 0.25) is 5.02 Å².